The quantitative estimate of drug-likeness (QED) is 0.647. The van der Waals surface area contributed by atoms with E-state index < -0.39 is 16.8 Å². The summed E-state index contributed by atoms with van der Waals surface area (Å²) in [5.74, 6) is -2.18. The lowest BCUT2D eigenvalue weighted by Gasteiger charge is -2.07. The number of nitrogens with zero attached hydrogens (tertiary/aromatic N) is 3. The smallest absolute Gasteiger partial charge is 0.393 e. The summed E-state index contributed by atoms with van der Waals surface area (Å²) in [7, 11) is 0. The Hall–Kier alpha value is -2.97. The number of benzene rings is 1. The van der Waals surface area contributed by atoms with Gasteiger partial charge < -0.3 is 14.3 Å². The number of carboxylic acids is 1. The molecule has 20 heavy (non-hydrogen) atoms. The molecule has 1 aromatic heterocycles. The van der Waals surface area contributed by atoms with Gasteiger partial charge >= 0.3 is 17.5 Å². The zero-order chi connectivity index (χ0) is 14.7. The second-order valence-electron chi connectivity index (χ2n) is 3.56. The molecule has 0 spiro atoms. The molecule has 0 bridgehead atoms. The van der Waals surface area contributed by atoms with E-state index in [0.29, 0.717) is 0 Å². The highest BCUT2D eigenvalue weighted by atomic mass is 16.6. The van der Waals surface area contributed by atoms with Crippen molar-refractivity contribution in [3.63, 3.8) is 0 Å². The number of aromatic carboxylic acids is 1. The van der Waals surface area contributed by atoms with Crippen LogP contribution in [-0.4, -0.2) is 32.8 Å². The van der Waals surface area contributed by atoms with Crippen molar-refractivity contribution in [3.05, 3.63) is 34.2 Å². The normalized spacial score (nSPS) is 10.2. The maximum atomic E-state index is 11.0. The van der Waals surface area contributed by atoms with E-state index in [1.807, 2.05) is 0 Å². The lowest BCUT2D eigenvalue weighted by atomic mass is 10.1. The van der Waals surface area contributed by atoms with Crippen molar-refractivity contribution in [3.8, 4) is 17.2 Å². The zero-order valence-corrected chi connectivity index (χ0v) is 10.3. The fourth-order valence-corrected chi connectivity index (χ4v) is 1.55. The number of carbonyl (C=O) groups is 1. The van der Waals surface area contributed by atoms with E-state index in [0.717, 1.165) is 0 Å². The Morgan fingerprint density at radius 3 is 2.80 bits per heavy atom. The minimum atomic E-state index is -1.38. The lowest BCUT2D eigenvalue weighted by molar-refractivity contribution is -0.385. The van der Waals surface area contributed by atoms with Crippen LogP contribution >= 0.6 is 0 Å². The van der Waals surface area contributed by atoms with Gasteiger partial charge in [-0.25, -0.2) is 4.79 Å². The highest BCUT2D eigenvalue weighted by Gasteiger charge is 2.24. The average molecular weight is 279 g/mol. The Morgan fingerprint density at radius 1 is 1.50 bits per heavy atom. The lowest BCUT2D eigenvalue weighted by Crippen LogP contribution is -1.99. The van der Waals surface area contributed by atoms with Crippen molar-refractivity contribution in [1.29, 1.82) is 0 Å². The summed E-state index contributed by atoms with van der Waals surface area (Å²) in [6.45, 7) is 1.86. The molecule has 1 heterocycles. The molecule has 0 radical (unpaired) electrons. The van der Waals surface area contributed by atoms with Crippen LogP contribution in [0, 0.1) is 10.1 Å². The van der Waals surface area contributed by atoms with Crippen molar-refractivity contribution < 1.29 is 24.0 Å². The van der Waals surface area contributed by atoms with E-state index in [1.165, 1.54) is 18.2 Å². The third kappa shape index (κ3) is 2.41. The predicted molar refractivity (Wildman–Crippen MR) is 64.5 cm³/mol. The standard InChI is InChI=1S/C11H9N3O6/c1-2-19-8-6(4-3-5-7(8)14(17)18)9-12-13-10(20-9)11(15)16/h3-5H,2H2,1H3,(H,15,16). The summed E-state index contributed by atoms with van der Waals surface area (Å²) in [4.78, 5) is 21.0. The third-order valence-corrected chi connectivity index (χ3v) is 2.32. The maximum Gasteiger partial charge on any atom is 0.393 e. The molecule has 1 N–H and O–H groups in total. The van der Waals surface area contributed by atoms with Crippen LogP contribution in [0.15, 0.2) is 22.6 Å². The van der Waals surface area contributed by atoms with Crippen molar-refractivity contribution in [2.45, 2.75) is 6.92 Å². The summed E-state index contributed by atoms with van der Waals surface area (Å²) in [5, 5.41) is 26.6. The van der Waals surface area contributed by atoms with Gasteiger partial charge in [-0.15, -0.1) is 10.2 Å². The molecule has 0 atom stereocenters. The molecular formula is C11H9N3O6. The summed E-state index contributed by atoms with van der Waals surface area (Å²) in [5.41, 5.74) is -0.0968. The minimum Gasteiger partial charge on any atom is -0.487 e. The molecule has 0 saturated heterocycles. The number of nitro groups is 1. The third-order valence-electron chi connectivity index (χ3n) is 2.32. The number of rotatable bonds is 5. The van der Waals surface area contributed by atoms with Crippen LogP contribution in [0.1, 0.15) is 17.6 Å². The van der Waals surface area contributed by atoms with Gasteiger partial charge in [0.1, 0.15) is 0 Å². The van der Waals surface area contributed by atoms with Gasteiger partial charge in [-0.3, -0.25) is 10.1 Å². The molecule has 0 aliphatic rings. The molecule has 104 valence electrons. The SMILES string of the molecule is CCOc1c(-c2nnc(C(=O)O)o2)cccc1[N+](=O)[O-]. The van der Waals surface area contributed by atoms with E-state index in [9.17, 15) is 14.9 Å². The number of carboxylic acid groups (broad SMARTS) is 1. The van der Waals surface area contributed by atoms with E-state index in [2.05, 4.69) is 10.2 Å². The van der Waals surface area contributed by atoms with Crippen LogP contribution in [0.3, 0.4) is 0 Å². The van der Waals surface area contributed by atoms with Gasteiger partial charge in [-0.05, 0) is 13.0 Å². The number of hydrogen-bond acceptors (Lipinski definition) is 7. The first-order valence-corrected chi connectivity index (χ1v) is 5.52. The summed E-state index contributed by atoms with van der Waals surface area (Å²) in [6, 6.07) is 4.15. The van der Waals surface area contributed by atoms with Crippen LogP contribution in [0.2, 0.25) is 0 Å². The highest BCUT2D eigenvalue weighted by Crippen LogP contribution is 2.37. The molecule has 2 aromatic rings. The topological polar surface area (TPSA) is 129 Å². The monoisotopic (exact) mass is 279 g/mol. The van der Waals surface area contributed by atoms with Gasteiger partial charge in [0, 0.05) is 6.07 Å². The largest absolute Gasteiger partial charge is 0.487 e. The second kappa shape index (κ2) is 5.34. The number of para-hydroxylation sites is 1. The molecule has 0 amide bonds. The van der Waals surface area contributed by atoms with Crippen LogP contribution in [0.4, 0.5) is 5.69 Å². The first-order chi connectivity index (χ1) is 9.54. The number of aromatic nitrogens is 2. The Bertz CT molecular complexity index is 666. The van der Waals surface area contributed by atoms with E-state index >= 15 is 0 Å². The van der Waals surface area contributed by atoms with Gasteiger partial charge in [-0.2, -0.15) is 0 Å². The summed E-state index contributed by atoms with van der Waals surface area (Å²) < 4.78 is 10.2. The summed E-state index contributed by atoms with van der Waals surface area (Å²) >= 11 is 0. The molecule has 0 fully saturated rings. The van der Waals surface area contributed by atoms with Gasteiger partial charge in [0.05, 0.1) is 17.1 Å². The van der Waals surface area contributed by atoms with Crippen LogP contribution in [-0.2, 0) is 0 Å². The Kier molecular flexibility index (Phi) is 3.60. The van der Waals surface area contributed by atoms with Crippen molar-refractivity contribution in [1.82, 2.24) is 10.2 Å². The van der Waals surface area contributed by atoms with Gasteiger partial charge in [0.15, 0.2) is 0 Å². The highest BCUT2D eigenvalue weighted by molar-refractivity contribution is 5.82. The van der Waals surface area contributed by atoms with Crippen LogP contribution in [0.25, 0.3) is 11.5 Å². The first kappa shape index (κ1) is 13.5. The Labute approximate surface area is 112 Å². The van der Waals surface area contributed by atoms with E-state index in [-0.39, 0.29) is 29.5 Å². The Balaban J connectivity index is 2.57. The summed E-state index contributed by atoms with van der Waals surface area (Å²) in [6.07, 6.45) is 0. The van der Waals surface area contributed by atoms with Gasteiger partial charge in [-0.1, -0.05) is 6.07 Å². The van der Waals surface area contributed by atoms with Gasteiger partial charge in [0.25, 0.3) is 5.89 Å². The second-order valence-corrected chi connectivity index (χ2v) is 3.56. The minimum absolute atomic E-state index is 0.0411. The molecule has 0 unspecified atom stereocenters. The molecule has 9 nitrogen and oxygen atoms in total. The average Bonchev–Trinajstić information content (AvgIpc) is 2.88. The molecule has 0 aliphatic carbocycles. The van der Waals surface area contributed by atoms with Crippen molar-refractivity contribution in [2.24, 2.45) is 0 Å². The van der Waals surface area contributed by atoms with Crippen LogP contribution < -0.4 is 4.74 Å². The molecule has 2 rings (SSSR count). The Morgan fingerprint density at radius 2 is 2.25 bits per heavy atom. The predicted octanol–water partition coefficient (Wildman–Crippen LogP) is 1.74. The van der Waals surface area contributed by atoms with Crippen molar-refractivity contribution >= 4 is 11.7 Å². The molecule has 9 heteroatoms. The van der Waals surface area contributed by atoms with E-state index in [4.69, 9.17) is 14.3 Å². The number of hydrogen-bond donors (Lipinski definition) is 1. The van der Waals surface area contributed by atoms with Gasteiger partial charge in [0.2, 0.25) is 5.75 Å². The molecule has 1 aromatic carbocycles. The first-order valence-electron chi connectivity index (χ1n) is 5.52. The maximum absolute atomic E-state index is 11.0. The zero-order valence-electron chi connectivity index (χ0n) is 10.3. The van der Waals surface area contributed by atoms with Crippen molar-refractivity contribution in [2.75, 3.05) is 6.61 Å². The fourth-order valence-electron chi connectivity index (χ4n) is 1.55. The molecule has 0 saturated carbocycles. The van der Waals surface area contributed by atoms with E-state index in [1.54, 1.807) is 6.92 Å². The molecule has 0 aliphatic heterocycles. The molecular weight excluding hydrogens is 270 g/mol. The number of nitro benzene ring substituents is 1. The van der Waals surface area contributed by atoms with Crippen LogP contribution in [0.5, 0.6) is 5.75 Å². The fraction of sp³-hybridized carbons (Fsp3) is 0.182. The number of ether oxygens (including phenoxy) is 1.